The van der Waals surface area contributed by atoms with Crippen LogP contribution in [0.3, 0.4) is 0 Å². The van der Waals surface area contributed by atoms with Gasteiger partial charge in [0.1, 0.15) is 11.6 Å². The fourth-order valence-corrected chi connectivity index (χ4v) is 2.79. The van der Waals surface area contributed by atoms with Crippen LogP contribution in [0.2, 0.25) is 0 Å². The molecule has 2 N–H and O–H groups in total. The maximum atomic E-state index is 11.3. The molecule has 114 valence electrons. The molecule has 0 aliphatic rings. The van der Waals surface area contributed by atoms with Gasteiger partial charge in [-0.1, -0.05) is 42.5 Å². The van der Waals surface area contributed by atoms with Crippen LogP contribution in [0.5, 0.6) is 0 Å². The van der Waals surface area contributed by atoms with Crippen LogP contribution in [0, 0.1) is 6.92 Å². The van der Waals surface area contributed by atoms with Gasteiger partial charge >= 0.3 is 0 Å². The van der Waals surface area contributed by atoms with Gasteiger partial charge < -0.3 is 5.73 Å². The highest BCUT2D eigenvalue weighted by atomic mass is 32.1. The first-order valence-corrected chi connectivity index (χ1v) is 7.53. The van der Waals surface area contributed by atoms with Crippen LogP contribution < -0.4 is 5.73 Å². The van der Waals surface area contributed by atoms with Gasteiger partial charge in [0.2, 0.25) is 0 Å². The van der Waals surface area contributed by atoms with Gasteiger partial charge in [-0.3, -0.25) is 4.79 Å². The lowest BCUT2D eigenvalue weighted by Crippen LogP contribution is -2.04. The zero-order valence-electron chi connectivity index (χ0n) is 12.5. The predicted octanol–water partition coefficient (Wildman–Crippen LogP) is 3.80. The largest absolute Gasteiger partial charge is 0.383 e. The molecule has 1 heterocycles. The van der Waals surface area contributed by atoms with E-state index in [0.717, 1.165) is 21.6 Å². The molecule has 23 heavy (non-hydrogen) atoms. The Hall–Kier alpha value is -2.66. The SMILES string of the molecule is Cc1nc(N)c(C=O)c(-c2ccc(-c3ccccc3)cc2S)n1. The van der Waals surface area contributed by atoms with Gasteiger partial charge in [0.15, 0.2) is 6.29 Å². The molecule has 2 aromatic carbocycles. The number of aryl methyl sites for hydroxylation is 1. The van der Waals surface area contributed by atoms with E-state index in [-0.39, 0.29) is 5.82 Å². The highest BCUT2D eigenvalue weighted by Gasteiger charge is 2.15. The van der Waals surface area contributed by atoms with E-state index in [0.29, 0.717) is 23.4 Å². The molecule has 3 rings (SSSR count). The second kappa shape index (κ2) is 6.22. The Morgan fingerprint density at radius 3 is 2.43 bits per heavy atom. The molecule has 1 aromatic heterocycles. The number of hydrogen-bond donors (Lipinski definition) is 2. The van der Waals surface area contributed by atoms with Crippen molar-refractivity contribution in [2.24, 2.45) is 0 Å². The van der Waals surface area contributed by atoms with Gasteiger partial charge in [-0.25, -0.2) is 9.97 Å². The van der Waals surface area contributed by atoms with Gasteiger partial charge in [0, 0.05) is 10.5 Å². The van der Waals surface area contributed by atoms with E-state index in [1.807, 2.05) is 48.5 Å². The predicted molar refractivity (Wildman–Crippen MR) is 94.7 cm³/mol. The molecule has 0 radical (unpaired) electrons. The number of nitrogen functional groups attached to an aromatic ring is 1. The normalized spacial score (nSPS) is 10.5. The van der Waals surface area contributed by atoms with Gasteiger partial charge in [0.05, 0.1) is 11.3 Å². The number of hydrogen-bond acceptors (Lipinski definition) is 5. The first-order chi connectivity index (χ1) is 11.1. The van der Waals surface area contributed by atoms with E-state index in [4.69, 9.17) is 5.73 Å². The summed E-state index contributed by atoms with van der Waals surface area (Å²) in [5.74, 6) is 0.699. The Morgan fingerprint density at radius 2 is 1.78 bits per heavy atom. The number of carbonyl (C=O) groups excluding carboxylic acids is 1. The number of aromatic nitrogens is 2. The Balaban J connectivity index is 2.14. The number of thiol groups is 1. The topological polar surface area (TPSA) is 68.9 Å². The lowest BCUT2D eigenvalue weighted by Gasteiger charge is -2.11. The molecule has 0 amide bonds. The smallest absolute Gasteiger partial charge is 0.155 e. The molecule has 4 nitrogen and oxygen atoms in total. The number of nitrogens with zero attached hydrogens (tertiary/aromatic N) is 2. The van der Waals surface area contributed by atoms with Crippen molar-refractivity contribution in [3.05, 3.63) is 59.9 Å². The molecular formula is C18H15N3OS. The van der Waals surface area contributed by atoms with Crippen molar-refractivity contribution < 1.29 is 4.79 Å². The van der Waals surface area contributed by atoms with Crippen molar-refractivity contribution >= 4 is 24.7 Å². The van der Waals surface area contributed by atoms with Crippen LogP contribution in [0.4, 0.5) is 5.82 Å². The summed E-state index contributed by atoms with van der Waals surface area (Å²) < 4.78 is 0. The highest BCUT2D eigenvalue weighted by Crippen LogP contribution is 2.32. The minimum atomic E-state index is 0.183. The van der Waals surface area contributed by atoms with Crippen molar-refractivity contribution in [3.8, 4) is 22.4 Å². The average molecular weight is 321 g/mol. The molecule has 0 fully saturated rings. The van der Waals surface area contributed by atoms with Crippen molar-refractivity contribution in [1.82, 2.24) is 9.97 Å². The number of carbonyl (C=O) groups is 1. The number of nitrogens with two attached hydrogens (primary N) is 1. The molecule has 0 unspecified atom stereocenters. The van der Waals surface area contributed by atoms with E-state index in [9.17, 15) is 4.79 Å². The minimum absolute atomic E-state index is 0.183. The number of benzene rings is 2. The molecule has 3 aromatic rings. The van der Waals surface area contributed by atoms with Crippen molar-refractivity contribution in [2.75, 3.05) is 5.73 Å². The zero-order chi connectivity index (χ0) is 16.4. The van der Waals surface area contributed by atoms with E-state index in [1.165, 1.54) is 0 Å². The molecule has 0 aliphatic heterocycles. The first kappa shape index (κ1) is 15.2. The Morgan fingerprint density at radius 1 is 1.04 bits per heavy atom. The van der Waals surface area contributed by atoms with E-state index < -0.39 is 0 Å². The summed E-state index contributed by atoms with van der Waals surface area (Å²) >= 11 is 4.57. The van der Waals surface area contributed by atoms with Crippen LogP contribution in [0.1, 0.15) is 16.2 Å². The molecule has 0 saturated carbocycles. The van der Waals surface area contributed by atoms with Crippen LogP contribution in [-0.4, -0.2) is 16.3 Å². The van der Waals surface area contributed by atoms with Crippen molar-refractivity contribution in [3.63, 3.8) is 0 Å². The molecule has 0 bridgehead atoms. The second-order valence-corrected chi connectivity index (χ2v) is 5.62. The summed E-state index contributed by atoms with van der Waals surface area (Å²) in [6, 6.07) is 15.8. The molecular weight excluding hydrogens is 306 g/mol. The third-order valence-corrected chi connectivity index (χ3v) is 3.93. The van der Waals surface area contributed by atoms with Gasteiger partial charge in [0.25, 0.3) is 0 Å². The zero-order valence-corrected chi connectivity index (χ0v) is 13.4. The van der Waals surface area contributed by atoms with E-state index in [1.54, 1.807) is 6.92 Å². The van der Waals surface area contributed by atoms with Crippen LogP contribution in [-0.2, 0) is 0 Å². The molecule has 5 heteroatoms. The highest BCUT2D eigenvalue weighted by molar-refractivity contribution is 7.80. The van der Waals surface area contributed by atoms with Gasteiger partial charge in [-0.15, -0.1) is 12.6 Å². The van der Waals surface area contributed by atoms with Gasteiger partial charge in [-0.05, 0) is 24.1 Å². The quantitative estimate of drug-likeness (QED) is 0.568. The van der Waals surface area contributed by atoms with Crippen molar-refractivity contribution in [2.45, 2.75) is 11.8 Å². The first-order valence-electron chi connectivity index (χ1n) is 7.08. The molecule has 0 aliphatic carbocycles. The lowest BCUT2D eigenvalue weighted by molar-refractivity contribution is 0.112. The Kier molecular flexibility index (Phi) is 4.12. The molecule has 0 saturated heterocycles. The second-order valence-electron chi connectivity index (χ2n) is 5.13. The maximum absolute atomic E-state index is 11.3. The van der Waals surface area contributed by atoms with Gasteiger partial charge in [-0.2, -0.15) is 0 Å². The minimum Gasteiger partial charge on any atom is -0.383 e. The Bertz CT molecular complexity index is 879. The third-order valence-electron chi connectivity index (χ3n) is 3.56. The summed E-state index contributed by atoms with van der Waals surface area (Å²) in [5, 5.41) is 0. The maximum Gasteiger partial charge on any atom is 0.155 e. The summed E-state index contributed by atoms with van der Waals surface area (Å²) in [4.78, 5) is 20.5. The number of rotatable bonds is 3. The summed E-state index contributed by atoms with van der Waals surface area (Å²) in [6.45, 7) is 1.74. The van der Waals surface area contributed by atoms with Crippen molar-refractivity contribution in [1.29, 1.82) is 0 Å². The molecule has 0 spiro atoms. The number of anilines is 1. The molecule has 0 atom stereocenters. The van der Waals surface area contributed by atoms with Crippen LogP contribution >= 0.6 is 12.6 Å². The monoisotopic (exact) mass is 321 g/mol. The summed E-state index contributed by atoms with van der Waals surface area (Å²) in [5.41, 5.74) is 9.54. The van der Waals surface area contributed by atoms with Crippen LogP contribution in [0.15, 0.2) is 53.4 Å². The van der Waals surface area contributed by atoms with E-state index >= 15 is 0 Å². The standard InChI is InChI=1S/C18H15N3OS/c1-11-20-17(15(10-22)18(19)21-11)14-8-7-13(9-16(14)23)12-5-3-2-4-6-12/h2-10,23H,1H3,(H2,19,20,21). The Labute approximate surface area is 139 Å². The fourth-order valence-electron chi connectivity index (χ4n) is 2.47. The summed E-state index contributed by atoms with van der Waals surface area (Å²) in [6.07, 6.45) is 0.683. The van der Waals surface area contributed by atoms with E-state index in [2.05, 4.69) is 22.6 Å². The fraction of sp³-hybridized carbons (Fsp3) is 0.0556. The lowest BCUT2D eigenvalue weighted by atomic mass is 10.0. The average Bonchev–Trinajstić information content (AvgIpc) is 2.55. The summed E-state index contributed by atoms with van der Waals surface area (Å²) in [7, 11) is 0. The van der Waals surface area contributed by atoms with Crippen LogP contribution in [0.25, 0.3) is 22.4 Å². The third kappa shape index (κ3) is 2.96. The number of aldehydes is 1.